The van der Waals surface area contributed by atoms with Gasteiger partial charge in [-0.2, -0.15) is 0 Å². The molecule has 2 heterocycles. The predicted molar refractivity (Wildman–Crippen MR) is 102 cm³/mol. The molecule has 26 heavy (non-hydrogen) atoms. The molecular formula is C20H14FN3OS. The van der Waals surface area contributed by atoms with Gasteiger partial charge in [0, 0.05) is 27.6 Å². The largest absolute Gasteiger partial charge is 0.298 e. The Hall–Kier alpha value is -3.12. The van der Waals surface area contributed by atoms with Crippen molar-refractivity contribution in [3.8, 4) is 11.3 Å². The zero-order chi connectivity index (χ0) is 18.1. The molecule has 2 aromatic heterocycles. The maximum absolute atomic E-state index is 13.0. The fourth-order valence-corrected chi connectivity index (χ4v) is 3.33. The summed E-state index contributed by atoms with van der Waals surface area (Å²) in [5.74, 6) is -0.534. The SMILES string of the molecule is Cc1ccc2ccc(C(=O)Nc3nc(-c4ccc(F)cc4)cs3)cc2n1. The van der Waals surface area contributed by atoms with Crippen LogP contribution in [0.1, 0.15) is 16.1 Å². The first-order chi connectivity index (χ1) is 12.6. The fourth-order valence-electron chi connectivity index (χ4n) is 2.61. The lowest BCUT2D eigenvalue weighted by Crippen LogP contribution is -2.11. The van der Waals surface area contributed by atoms with Crippen LogP contribution in [0.15, 0.2) is 60.0 Å². The second-order valence-corrected chi connectivity index (χ2v) is 6.72. The van der Waals surface area contributed by atoms with E-state index in [0.717, 1.165) is 22.2 Å². The van der Waals surface area contributed by atoms with E-state index in [4.69, 9.17) is 0 Å². The number of aromatic nitrogens is 2. The standard InChI is InChI=1S/C20H14FN3OS/c1-12-2-3-13-4-5-15(10-17(13)22-12)19(25)24-20-23-18(11-26-20)14-6-8-16(21)9-7-14/h2-11H,1H3,(H,23,24,25). The van der Waals surface area contributed by atoms with Crippen LogP contribution in [0.25, 0.3) is 22.2 Å². The lowest BCUT2D eigenvalue weighted by molar-refractivity contribution is 0.102. The van der Waals surface area contributed by atoms with E-state index < -0.39 is 0 Å². The summed E-state index contributed by atoms with van der Waals surface area (Å²) >= 11 is 1.33. The molecular weight excluding hydrogens is 349 g/mol. The number of carbonyl (C=O) groups is 1. The van der Waals surface area contributed by atoms with Gasteiger partial charge in [-0.25, -0.2) is 9.37 Å². The number of nitrogens with one attached hydrogen (secondary N) is 1. The van der Waals surface area contributed by atoms with Crippen molar-refractivity contribution in [2.45, 2.75) is 6.92 Å². The summed E-state index contributed by atoms with van der Waals surface area (Å²) in [5.41, 5.74) is 3.70. The highest BCUT2D eigenvalue weighted by Crippen LogP contribution is 2.25. The van der Waals surface area contributed by atoms with E-state index in [1.165, 1.54) is 23.5 Å². The maximum Gasteiger partial charge on any atom is 0.257 e. The Labute approximate surface area is 153 Å². The molecule has 0 saturated heterocycles. The minimum Gasteiger partial charge on any atom is -0.298 e. The molecule has 4 aromatic rings. The highest BCUT2D eigenvalue weighted by molar-refractivity contribution is 7.14. The van der Waals surface area contributed by atoms with E-state index in [-0.39, 0.29) is 11.7 Å². The number of hydrogen-bond donors (Lipinski definition) is 1. The number of pyridine rings is 1. The van der Waals surface area contributed by atoms with E-state index in [1.807, 2.05) is 30.5 Å². The van der Waals surface area contributed by atoms with Crippen molar-refractivity contribution in [2.75, 3.05) is 5.32 Å². The van der Waals surface area contributed by atoms with Crippen LogP contribution in [0.5, 0.6) is 0 Å². The van der Waals surface area contributed by atoms with Gasteiger partial charge in [0.05, 0.1) is 11.2 Å². The molecule has 4 nitrogen and oxygen atoms in total. The highest BCUT2D eigenvalue weighted by atomic mass is 32.1. The van der Waals surface area contributed by atoms with Crippen molar-refractivity contribution in [1.82, 2.24) is 9.97 Å². The van der Waals surface area contributed by atoms with Gasteiger partial charge < -0.3 is 0 Å². The first-order valence-electron chi connectivity index (χ1n) is 7.99. The maximum atomic E-state index is 13.0. The smallest absolute Gasteiger partial charge is 0.257 e. The van der Waals surface area contributed by atoms with Crippen molar-refractivity contribution in [1.29, 1.82) is 0 Å². The van der Waals surface area contributed by atoms with Crippen LogP contribution in [0.4, 0.5) is 9.52 Å². The van der Waals surface area contributed by atoms with Gasteiger partial charge in [0.25, 0.3) is 5.91 Å². The summed E-state index contributed by atoms with van der Waals surface area (Å²) in [7, 11) is 0. The molecule has 0 unspecified atom stereocenters. The average Bonchev–Trinajstić information content (AvgIpc) is 3.10. The van der Waals surface area contributed by atoms with E-state index >= 15 is 0 Å². The molecule has 1 amide bonds. The number of amides is 1. The molecule has 0 aliphatic rings. The van der Waals surface area contributed by atoms with Crippen LogP contribution >= 0.6 is 11.3 Å². The Bertz CT molecular complexity index is 1110. The Morgan fingerprint density at radius 3 is 2.62 bits per heavy atom. The lowest BCUT2D eigenvalue weighted by Gasteiger charge is -2.04. The van der Waals surface area contributed by atoms with E-state index in [1.54, 1.807) is 24.3 Å². The number of anilines is 1. The Morgan fingerprint density at radius 1 is 1.04 bits per heavy atom. The van der Waals surface area contributed by atoms with Crippen molar-refractivity contribution in [3.05, 3.63) is 77.1 Å². The van der Waals surface area contributed by atoms with Crippen LogP contribution in [0, 0.1) is 12.7 Å². The normalized spacial score (nSPS) is 10.8. The summed E-state index contributed by atoms with van der Waals surface area (Å²) in [6.45, 7) is 1.92. The molecule has 6 heteroatoms. The Morgan fingerprint density at radius 2 is 1.81 bits per heavy atom. The van der Waals surface area contributed by atoms with E-state index in [2.05, 4.69) is 15.3 Å². The van der Waals surface area contributed by atoms with Crippen LogP contribution < -0.4 is 5.32 Å². The van der Waals surface area contributed by atoms with Crippen LogP contribution in [-0.4, -0.2) is 15.9 Å². The molecule has 0 saturated carbocycles. The van der Waals surface area contributed by atoms with Crippen molar-refractivity contribution in [3.63, 3.8) is 0 Å². The van der Waals surface area contributed by atoms with Gasteiger partial charge in [0.1, 0.15) is 5.82 Å². The summed E-state index contributed by atoms with van der Waals surface area (Å²) in [6, 6.07) is 15.4. The molecule has 1 N–H and O–H groups in total. The number of aryl methyl sites for hydroxylation is 1. The van der Waals surface area contributed by atoms with Gasteiger partial charge in [0.2, 0.25) is 0 Å². The molecule has 0 aliphatic heterocycles. The number of rotatable bonds is 3. The molecule has 0 fully saturated rings. The molecule has 0 radical (unpaired) electrons. The third-order valence-corrected chi connectivity index (χ3v) is 4.72. The summed E-state index contributed by atoms with van der Waals surface area (Å²) < 4.78 is 13.0. The van der Waals surface area contributed by atoms with E-state index in [9.17, 15) is 9.18 Å². The first-order valence-corrected chi connectivity index (χ1v) is 8.87. The van der Waals surface area contributed by atoms with Crippen LogP contribution in [-0.2, 0) is 0 Å². The molecule has 128 valence electrons. The molecule has 0 spiro atoms. The summed E-state index contributed by atoms with van der Waals surface area (Å²) in [6.07, 6.45) is 0. The molecule has 4 rings (SSSR count). The van der Waals surface area contributed by atoms with Gasteiger partial charge in [-0.05, 0) is 49.4 Å². The lowest BCUT2D eigenvalue weighted by atomic mass is 10.1. The zero-order valence-electron chi connectivity index (χ0n) is 13.9. The third kappa shape index (κ3) is 3.32. The third-order valence-electron chi connectivity index (χ3n) is 3.96. The van der Waals surface area contributed by atoms with Crippen molar-refractivity contribution in [2.24, 2.45) is 0 Å². The van der Waals surface area contributed by atoms with Crippen molar-refractivity contribution < 1.29 is 9.18 Å². The number of halogens is 1. The average molecular weight is 363 g/mol. The number of benzene rings is 2. The zero-order valence-corrected chi connectivity index (χ0v) is 14.7. The highest BCUT2D eigenvalue weighted by Gasteiger charge is 2.11. The Balaban J connectivity index is 1.56. The van der Waals surface area contributed by atoms with Gasteiger partial charge in [-0.1, -0.05) is 12.1 Å². The van der Waals surface area contributed by atoms with E-state index in [0.29, 0.717) is 16.4 Å². The summed E-state index contributed by atoms with van der Waals surface area (Å²) in [5, 5.41) is 6.11. The van der Waals surface area contributed by atoms with Gasteiger partial charge in [0.15, 0.2) is 5.13 Å². The quantitative estimate of drug-likeness (QED) is 0.554. The topological polar surface area (TPSA) is 54.9 Å². The number of fused-ring (bicyclic) bond motifs is 1. The number of thiazole rings is 1. The Kier molecular flexibility index (Phi) is 4.18. The number of hydrogen-bond acceptors (Lipinski definition) is 4. The fraction of sp³-hybridized carbons (Fsp3) is 0.0500. The molecule has 2 aromatic carbocycles. The molecule has 0 atom stereocenters. The van der Waals surface area contributed by atoms with Gasteiger partial charge in [-0.3, -0.25) is 15.1 Å². The van der Waals surface area contributed by atoms with Gasteiger partial charge in [-0.15, -0.1) is 11.3 Å². The molecule has 0 bridgehead atoms. The minimum absolute atomic E-state index is 0.241. The van der Waals surface area contributed by atoms with Crippen LogP contribution in [0.3, 0.4) is 0 Å². The predicted octanol–water partition coefficient (Wildman–Crippen LogP) is 5.06. The van der Waals surface area contributed by atoms with Gasteiger partial charge >= 0.3 is 0 Å². The monoisotopic (exact) mass is 363 g/mol. The van der Waals surface area contributed by atoms with Crippen LogP contribution in [0.2, 0.25) is 0 Å². The van der Waals surface area contributed by atoms with Crippen molar-refractivity contribution >= 4 is 33.3 Å². The second-order valence-electron chi connectivity index (χ2n) is 5.86. The number of carbonyl (C=O) groups excluding carboxylic acids is 1. The first kappa shape index (κ1) is 16.4. The second kappa shape index (κ2) is 6.65. The molecule has 0 aliphatic carbocycles. The summed E-state index contributed by atoms with van der Waals surface area (Å²) in [4.78, 5) is 21.4. The minimum atomic E-state index is -0.294. The number of nitrogens with zero attached hydrogens (tertiary/aromatic N) is 2.